The fraction of sp³-hybridized carbons (Fsp3) is 0.667. The topological polar surface area (TPSA) is 103 Å². The van der Waals surface area contributed by atoms with Crippen LogP contribution in [-0.4, -0.2) is 40.9 Å². The average molecular weight is 292 g/mol. The van der Waals surface area contributed by atoms with Crippen LogP contribution < -0.4 is 5.32 Å². The number of hydrogen-bond acceptors (Lipinski definition) is 6. The molecule has 2 rings (SSSR count). The van der Waals surface area contributed by atoms with Crippen molar-refractivity contribution in [1.82, 2.24) is 40.3 Å². The van der Waals surface area contributed by atoms with Crippen molar-refractivity contribution >= 4 is 5.91 Å². The lowest BCUT2D eigenvalue weighted by molar-refractivity contribution is -0.121. The number of aromatic nitrogens is 7. The fourth-order valence-corrected chi connectivity index (χ4v) is 2.02. The summed E-state index contributed by atoms with van der Waals surface area (Å²) in [6, 6.07) is 0.0876. The van der Waals surface area contributed by atoms with Crippen LogP contribution in [0.1, 0.15) is 51.5 Å². The van der Waals surface area contributed by atoms with Crippen LogP contribution in [0, 0.1) is 0 Å². The van der Waals surface area contributed by atoms with Gasteiger partial charge in [0.1, 0.15) is 12.7 Å². The van der Waals surface area contributed by atoms with Gasteiger partial charge in [-0.15, -0.1) is 15.3 Å². The van der Waals surface area contributed by atoms with Gasteiger partial charge in [-0.25, -0.2) is 4.68 Å². The van der Waals surface area contributed by atoms with Gasteiger partial charge in [0.2, 0.25) is 5.91 Å². The third kappa shape index (κ3) is 4.07. The predicted octanol–water partition coefficient (Wildman–Crippen LogP) is 0.503. The molecule has 114 valence electrons. The van der Waals surface area contributed by atoms with Gasteiger partial charge in [0.15, 0.2) is 5.82 Å². The van der Waals surface area contributed by atoms with E-state index in [0.29, 0.717) is 19.4 Å². The molecule has 0 aromatic carbocycles. The Labute approximate surface area is 122 Å². The van der Waals surface area contributed by atoms with Crippen molar-refractivity contribution in [2.24, 2.45) is 0 Å². The summed E-state index contributed by atoms with van der Waals surface area (Å²) in [5.74, 6) is 0.743. The Morgan fingerprint density at radius 1 is 1.29 bits per heavy atom. The van der Waals surface area contributed by atoms with Gasteiger partial charge in [0.25, 0.3) is 0 Å². The maximum atomic E-state index is 11.9. The molecule has 0 aliphatic rings. The highest BCUT2D eigenvalue weighted by atomic mass is 16.1. The first-order valence-electron chi connectivity index (χ1n) is 6.97. The van der Waals surface area contributed by atoms with Crippen molar-refractivity contribution < 1.29 is 4.79 Å². The van der Waals surface area contributed by atoms with Gasteiger partial charge < -0.3 is 9.88 Å². The van der Waals surface area contributed by atoms with Crippen LogP contribution in [0.2, 0.25) is 0 Å². The number of nitrogens with zero attached hydrogens (tertiary/aromatic N) is 7. The molecule has 21 heavy (non-hydrogen) atoms. The van der Waals surface area contributed by atoms with Gasteiger partial charge in [-0.1, -0.05) is 0 Å². The minimum Gasteiger partial charge on any atom is -0.346 e. The minimum absolute atomic E-state index is 0.0196. The minimum atomic E-state index is -0.171. The molecule has 0 unspecified atom stereocenters. The van der Waals surface area contributed by atoms with Crippen LogP contribution in [0.5, 0.6) is 0 Å². The largest absolute Gasteiger partial charge is 0.346 e. The maximum Gasteiger partial charge on any atom is 0.220 e. The molecular weight excluding hydrogens is 272 g/mol. The number of rotatable bonds is 7. The summed E-state index contributed by atoms with van der Waals surface area (Å²) >= 11 is 0. The first kappa shape index (κ1) is 15.1. The second kappa shape index (κ2) is 6.91. The molecule has 0 saturated carbocycles. The van der Waals surface area contributed by atoms with Gasteiger partial charge in [-0.3, -0.25) is 4.79 Å². The van der Waals surface area contributed by atoms with Crippen molar-refractivity contribution in [2.45, 2.75) is 52.2 Å². The number of carbonyl (C=O) groups is 1. The third-order valence-corrected chi connectivity index (χ3v) is 3.10. The molecule has 1 amide bonds. The number of hydrogen-bond donors (Lipinski definition) is 1. The van der Waals surface area contributed by atoms with E-state index in [1.807, 2.05) is 25.3 Å². The Hall–Kier alpha value is -2.32. The Balaban J connectivity index is 1.80. The zero-order chi connectivity index (χ0) is 15.2. The second-order valence-electron chi connectivity index (χ2n) is 5.16. The average Bonchev–Trinajstić information content (AvgIpc) is 3.09. The molecule has 2 aromatic rings. The van der Waals surface area contributed by atoms with Crippen LogP contribution in [0.25, 0.3) is 0 Å². The molecule has 2 aromatic heterocycles. The summed E-state index contributed by atoms with van der Waals surface area (Å²) < 4.78 is 3.55. The lowest BCUT2D eigenvalue weighted by atomic mass is 10.2. The van der Waals surface area contributed by atoms with Gasteiger partial charge in [-0.05, 0) is 37.6 Å². The van der Waals surface area contributed by atoms with Crippen molar-refractivity contribution in [3.05, 3.63) is 18.5 Å². The van der Waals surface area contributed by atoms with E-state index in [9.17, 15) is 4.79 Å². The Kier molecular flexibility index (Phi) is 4.96. The summed E-state index contributed by atoms with van der Waals surface area (Å²) in [5, 5.41) is 21.7. The van der Waals surface area contributed by atoms with E-state index in [4.69, 9.17) is 0 Å². The van der Waals surface area contributed by atoms with Crippen LogP contribution in [0.3, 0.4) is 0 Å². The molecule has 2 heterocycles. The van der Waals surface area contributed by atoms with E-state index in [1.165, 1.54) is 6.33 Å². The Morgan fingerprint density at radius 3 is 2.76 bits per heavy atom. The molecule has 1 atom stereocenters. The molecular formula is C12H20N8O. The first-order chi connectivity index (χ1) is 10.1. The molecule has 0 spiro atoms. The predicted molar refractivity (Wildman–Crippen MR) is 74.0 cm³/mol. The highest BCUT2D eigenvalue weighted by Crippen LogP contribution is 2.14. The van der Waals surface area contributed by atoms with E-state index in [0.717, 1.165) is 5.82 Å². The van der Waals surface area contributed by atoms with Gasteiger partial charge >= 0.3 is 0 Å². The number of tetrazole rings is 1. The highest BCUT2D eigenvalue weighted by Gasteiger charge is 2.16. The summed E-state index contributed by atoms with van der Waals surface area (Å²) in [6.07, 6.45) is 4.31. The summed E-state index contributed by atoms with van der Waals surface area (Å²) in [6.45, 7) is 6.63. The summed E-state index contributed by atoms with van der Waals surface area (Å²) in [4.78, 5) is 11.9. The maximum absolute atomic E-state index is 11.9. The van der Waals surface area contributed by atoms with Crippen LogP contribution in [0.4, 0.5) is 0 Å². The number of nitrogens with one attached hydrogen (secondary N) is 1. The number of amides is 1. The number of carbonyl (C=O) groups excluding carboxylic acids is 1. The van der Waals surface area contributed by atoms with Crippen molar-refractivity contribution in [3.8, 4) is 0 Å². The van der Waals surface area contributed by atoms with Gasteiger partial charge in [0.05, 0.1) is 6.04 Å². The molecule has 0 radical (unpaired) electrons. The monoisotopic (exact) mass is 292 g/mol. The molecule has 0 saturated heterocycles. The Morgan fingerprint density at radius 2 is 2.10 bits per heavy atom. The summed E-state index contributed by atoms with van der Waals surface area (Å²) in [5.41, 5.74) is 0. The molecule has 9 nitrogen and oxygen atoms in total. The van der Waals surface area contributed by atoms with Crippen LogP contribution in [-0.2, 0) is 11.3 Å². The molecule has 9 heteroatoms. The highest BCUT2D eigenvalue weighted by molar-refractivity contribution is 5.76. The summed E-state index contributed by atoms with van der Waals surface area (Å²) in [7, 11) is 0. The molecule has 1 N–H and O–H groups in total. The van der Waals surface area contributed by atoms with E-state index in [-0.39, 0.29) is 18.0 Å². The lowest BCUT2D eigenvalue weighted by Gasteiger charge is -2.16. The third-order valence-electron chi connectivity index (χ3n) is 3.10. The zero-order valence-corrected chi connectivity index (χ0v) is 12.5. The second-order valence-corrected chi connectivity index (χ2v) is 5.16. The van der Waals surface area contributed by atoms with Crippen molar-refractivity contribution in [2.75, 3.05) is 0 Å². The number of aryl methyl sites for hydroxylation is 1. The van der Waals surface area contributed by atoms with E-state index in [2.05, 4.69) is 31.0 Å². The van der Waals surface area contributed by atoms with Crippen LogP contribution in [0.15, 0.2) is 12.7 Å². The van der Waals surface area contributed by atoms with E-state index >= 15 is 0 Å². The van der Waals surface area contributed by atoms with E-state index < -0.39 is 0 Å². The molecule has 0 aliphatic carbocycles. The fourth-order valence-electron chi connectivity index (χ4n) is 2.02. The SMILES string of the molecule is CC(C)n1cnnc1[C@H](C)NC(=O)CCCn1cnnn1. The van der Waals surface area contributed by atoms with Gasteiger partial charge in [0, 0.05) is 19.0 Å². The van der Waals surface area contributed by atoms with E-state index in [1.54, 1.807) is 11.0 Å². The molecule has 0 aliphatic heterocycles. The molecule has 0 fully saturated rings. The normalized spacial score (nSPS) is 12.6. The standard InChI is InChI=1S/C12H20N8O/c1-9(2)20-8-13-16-12(20)10(3)15-11(21)5-4-6-19-7-14-17-18-19/h7-10H,4-6H2,1-3H3,(H,15,21)/t10-/m0/s1. The Bertz CT molecular complexity index is 562. The lowest BCUT2D eigenvalue weighted by Crippen LogP contribution is -2.29. The van der Waals surface area contributed by atoms with Crippen molar-refractivity contribution in [1.29, 1.82) is 0 Å². The van der Waals surface area contributed by atoms with Gasteiger partial charge in [-0.2, -0.15) is 0 Å². The zero-order valence-electron chi connectivity index (χ0n) is 12.5. The smallest absolute Gasteiger partial charge is 0.220 e. The quantitative estimate of drug-likeness (QED) is 0.797. The van der Waals surface area contributed by atoms with Crippen molar-refractivity contribution in [3.63, 3.8) is 0 Å². The first-order valence-corrected chi connectivity index (χ1v) is 6.97. The van der Waals surface area contributed by atoms with Crippen LogP contribution >= 0.6 is 0 Å². The molecule has 0 bridgehead atoms.